The van der Waals surface area contributed by atoms with Crippen LogP contribution in [0.5, 0.6) is 0 Å². The van der Waals surface area contributed by atoms with Crippen molar-refractivity contribution in [1.82, 2.24) is 4.98 Å². The maximum Gasteiger partial charge on any atom is 0.316 e. The minimum atomic E-state index is -0.653. The maximum atomic E-state index is 12.9. The van der Waals surface area contributed by atoms with Crippen molar-refractivity contribution in [2.24, 2.45) is 5.73 Å². The van der Waals surface area contributed by atoms with Crippen molar-refractivity contribution < 1.29 is 9.59 Å². The molecule has 0 aliphatic heterocycles. The molecule has 0 unspecified atom stereocenters. The number of nitrogens with two attached hydrogens (primary N) is 1. The molecule has 156 valence electrons. The molecule has 0 fully saturated rings. The van der Waals surface area contributed by atoms with Crippen molar-refractivity contribution in [3.63, 3.8) is 0 Å². The fraction of sp³-hybridized carbons (Fsp3) is 0.0870. The number of thiophene rings is 1. The topological polar surface area (TPSA) is 109 Å². The molecule has 2 aromatic heterocycles. The maximum absolute atomic E-state index is 12.9. The fourth-order valence-corrected chi connectivity index (χ4v) is 4.04. The standard InChI is InChI=1S/C23H21N5O2S/c1-14-6-7-16(12-20(14)28-23(24)30)27-22(29)21-19(9-11-31-21)26-13-15-8-10-25-18-5-3-2-4-17(15)18/h2-12,26H,13H2,1H3,(H,27,29)(H3,24,28,30). The number of aromatic nitrogens is 1. The summed E-state index contributed by atoms with van der Waals surface area (Å²) >= 11 is 1.36. The minimum absolute atomic E-state index is 0.231. The number of nitrogens with zero attached hydrogens (tertiary/aromatic N) is 1. The summed E-state index contributed by atoms with van der Waals surface area (Å²) in [5.41, 5.74) is 9.97. The van der Waals surface area contributed by atoms with E-state index in [9.17, 15) is 9.59 Å². The Labute approximate surface area is 183 Å². The summed E-state index contributed by atoms with van der Waals surface area (Å²) in [5.74, 6) is -0.231. The molecule has 4 aromatic rings. The lowest BCUT2D eigenvalue weighted by Gasteiger charge is -2.12. The number of para-hydroxylation sites is 1. The third-order valence-corrected chi connectivity index (χ3v) is 5.75. The molecule has 0 radical (unpaired) electrons. The van der Waals surface area contributed by atoms with Crippen LogP contribution in [0.15, 0.2) is 66.2 Å². The average molecular weight is 432 g/mol. The molecule has 5 N–H and O–H groups in total. The number of carbonyl (C=O) groups excluding carboxylic acids is 2. The predicted molar refractivity (Wildman–Crippen MR) is 126 cm³/mol. The van der Waals surface area contributed by atoms with Gasteiger partial charge in [0.05, 0.1) is 11.2 Å². The number of anilines is 3. The lowest BCUT2D eigenvalue weighted by molar-refractivity contribution is 0.103. The molecule has 0 saturated carbocycles. The molecule has 7 nitrogen and oxygen atoms in total. The van der Waals surface area contributed by atoms with E-state index in [-0.39, 0.29) is 5.91 Å². The largest absolute Gasteiger partial charge is 0.380 e. The Morgan fingerprint density at radius 3 is 2.71 bits per heavy atom. The van der Waals surface area contributed by atoms with Gasteiger partial charge in [0, 0.05) is 29.5 Å². The van der Waals surface area contributed by atoms with Crippen molar-refractivity contribution in [2.75, 3.05) is 16.0 Å². The smallest absolute Gasteiger partial charge is 0.316 e. The van der Waals surface area contributed by atoms with Crippen molar-refractivity contribution in [3.8, 4) is 0 Å². The number of hydrogen-bond acceptors (Lipinski definition) is 5. The summed E-state index contributed by atoms with van der Waals surface area (Å²) in [4.78, 5) is 29.0. The number of primary amides is 1. The summed E-state index contributed by atoms with van der Waals surface area (Å²) in [7, 11) is 0. The van der Waals surface area contributed by atoms with Gasteiger partial charge in [-0.1, -0.05) is 24.3 Å². The number of carbonyl (C=O) groups is 2. The summed E-state index contributed by atoms with van der Waals surface area (Å²) in [6, 6.07) is 16.4. The van der Waals surface area contributed by atoms with E-state index in [2.05, 4.69) is 20.9 Å². The third kappa shape index (κ3) is 4.65. The quantitative estimate of drug-likeness (QED) is 0.346. The zero-order chi connectivity index (χ0) is 21.8. The van der Waals surface area contributed by atoms with Gasteiger partial charge in [-0.2, -0.15) is 0 Å². The molecular formula is C23H21N5O2S. The minimum Gasteiger partial charge on any atom is -0.380 e. The van der Waals surface area contributed by atoms with Crippen molar-refractivity contribution in [3.05, 3.63) is 82.2 Å². The van der Waals surface area contributed by atoms with Crippen molar-refractivity contribution >= 4 is 51.2 Å². The monoisotopic (exact) mass is 431 g/mol. The third-order valence-electron chi connectivity index (χ3n) is 4.83. The van der Waals surface area contributed by atoms with Gasteiger partial charge in [-0.25, -0.2) is 4.79 Å². The van der Waals surface area contributed by atoms with Crippen LogP contribution in [-0.2, 0) is 6.54 Å². The van der Waals surface area contributed by atoms with E-state index < -0.39 is 6.03 Å². The van der Waals surface area contributed by atoms with Crippen LogP contribution in [0.4, 0.5) is 21.9 Å². The highest BCUT2D eigenvalue weighted by Gasteiger charge is 2.15. The molecule has 0 spiro atoms. The Hall–Kier alpha value is -3.91. The van der Waals surface area contributed by atoms with Gasteiger partial charge in [0.1, 0.15) is 4.88 Å². The molecule has 0 bridgehead atoms. The first-order chi connectivity index (χ1) is 15.0. The van der Waals surface area contributed by atoms with E-state index in [1.807, 2.05) is 54.8 Å². The molecule has 0 aliphatic carbocycles. The number of amides is 3. The summed E-state index contributed by atoms with van der Waals surface area (Å²) in [6.07, 6.45) is 1.79. The molecule has 0 aliphatic rings. The molecule has 4 rings (SSSR count). The van der Waals surface area contributed by atoms with Gasteiger partial charge in [-0.05, 0) is 53.8 Å². The Bertz CT molecular complexity index is 1260. The molecule has 0 atom stereocenters. The lowest BCUT2D eigenvalue weighted by atomic mass is 10.1. The molecule has 0 saturated heterocycles. The van der Waals surface area contributed by atoms with Gasteiger partial charge in [0.25, 0.3) is 5.91 Å². The first-order valence-corrected chi connectivity index (χ1v) is 10.5. The molecular weight excluding hydrogens is 410 g/mol. The number of fused-ring (bicyclic) bond motifs is 1. The lowest BCUT2D eigenvalue weighted by Crippen LogP contribution is -2.20. The first-order valence-electron chi connectivity index (χ1n) is 9.64. The summed E-state index contributed by atoms with van der Waals surface area (Å²) in [6.45, 7) is 2.41. The second-order valence-electron chi connectivity index (χ2n) is 6.98. The highest BCUT2D eigenvalue weighted by molar-refractivity contribution is 7.12. The predicted octanol–water partition coefficient (Wildman–Crippen LogP) is 4.96. The number of aryl methyl sites for hydroxylation is 1. The Balaban J connectivity index is 1.49. The fourth-order valence-electron chi connectivity index (χ4n) is 3.28. The van der Waals surface area contributed by atoms with Crippen LogP contribution < -0.4 is 21.7 Å². The normalized spacial score (nSPS) is 10.6. The number of nitrogens with one attached hydrogen (secondary N) is 3. The average Bonchev–Trinajstić information content (AvgIpc) is 3.23. The SMILES string of the molecule is Cc1ccc(NC(=O)c2sccc2NCc2ccnc3ccccc23)cc1NC(N)=O. The van der Waals surface area contributed by atoms with Gasteiger partial charge in [0.2, 0.25) is 0 Å². The zero-order valence-corrected chi connectivity index (χ0v) is 17.6. The van der Waals surface area contributed by atoms with Gasteiger partial charge < -0.3 is 21.7 Å². The van der Waals surface area contributed by atoms with Crippen LogP contribution in [0.2, 0.25) is 0 Å². The van der Waals surface area contributed by atoms with Crippen LogP contribution in [0.25, 0.3) is 10.9 Å². The molecule has 2 heterocycles. The molecule has 8 heteroatoms. The van der Waals surface area contributed by atoms with Crippen LogP contribution in [0, 0.1) is 6.92 Å². The summed E-state index contributed by atoms with van der Waals surface area (Å²) in [5, 5.41) is 11.8. The van der Waals surface area contributed by atoms with Gasteiger partial charge >= 0.3 is 6.03 Å². The molecule has 3 amide bonds. The zero-order valence-electron chi connectivity index (χ0n) is 16.8. The van der Waals surface area contributed by atoms with E-state index in [1.54, 1.807) is 18.3 Å². The van der Waals surface area contributed by atoms with Gasteiger partial charge in [-0.15, -0.1) is 11.3 Å². The molecule has 31 heavy (non-hydrogen) atoms. The van der Waals surface area contributed by atoms with E-state index in [0.717, 1.165) is 27.7 Å². The Kier molecular flexibility index (Phi) is 5.81. The number of benzene rings is 2. The highest BCUT2D eigenvalue weighted by atomic mass is 32.1. The number of pyridine rings is 1. The Morgan fingerprint density at radius 1 is 1.03 bits per heavy atom. The van der Waals surface area contributed by atoms with Crippen LogP contribution in [0.1, 0.15) is 20.8 Å². The van der Waals surface area contributed by atoms with E-state index in [4.69, 9.17) is 5.73 Å². The first kappa shape index (κ1) is 20.4. The van der Waals surface area contributed by atoms with Crippen LogP contribution >= 0.6 is 11.3 Å². The Morgan fingerprint density at radius 2 is 1.87 bits per heavy atom. The summed E-state index contributed by atoms with van der Waals surface area (Å²) < 4.78 is 0. The van der Waals surface area contributed by atoms with E-state index in [1.165, 1.54) is 11.3 Å². The van der Waals surface area contributed by atoms with E-state index in [0.29, 0.717) is 22.8 Å². The number of hydrogen-bond donors (Lipinski definition) is 4. The second kappa shape index (κ2) is 8.85. The highest BCUT2D eigenvalue weighted by Crippen LogP contribution is 2.27. The van der Waals surface area contributed by atoms with Crippen LogP contribution in [0.3, 0.4) is 0 Å². The number of urea groups is 1. The van der Waals surface area contributed by atoms with Gasteiger partial charge in [0.15, 0.2) is 0 Å². The second-order valence-corrected chi connectivity index (χ2v) is 7.89. The van der Waals surface area contributed by atoms with Crippen molar-refractivity contribution in [1.29, 1.82) is 0 Å². The van der Waals surface area contributed by atoms with Crippen LogP contribution in [-0.4, -0.2) is 16.9 Å². The van der Waals surface area contributed by atoms with Gasteiger partial charge in [-0.3, -0.25) is 9.78 Å². The number of rotatable bonds is 6. The molecule has 2 aromatic carbocycles. The van der Waals surface area contributed by atoms with E-state index >= 15 is 0 Å². The van der Waals surface area contributed by atoms with Crippen molar-refractivity contribution in [2.45, 2.75) is 13.5 Å².